The highest BCUT2D eigenvalue weighted by Gasteiger charge is 2.63. The van der Waals surface area contributed by atoms with Gasteiger partial charge in [-0.05, 0) is 134 Å². The summed E-state index contributed by atoms with van der Waals surface area (Å²) in [6.45, 7) is 14.7. The molecule has 7 atom stereocenters. The number of pyridine rings is 2. The summed E-state index contributed by atoms with van der Waals surface area (Å²) in [5.41, 5.74) is -1.37. The Labute approximate surface area is 382 Å². The van der Waals surface area contributed by atoms with Gasteiger partial charge in [0.25, 0.3) is 5.91 Å². The normalized spacial score (nSPS) is 27.3. The van der Waals surface area contributed by atoms with E-state index in [1.807, 2.05) is 57.2 Å². The number of nitrogens with zero attached hydrogens (tertiary/aromatic N) is 3. The summed E-state index contributed by atoms with van der Waals surface area (Å²) < 4.78 is 51.7. The number of alkyl carbamates (subject to hydrolysis) is 1. The predicted octanol–water partition coefficient (Wildman–Crippen LogP) is 6.61. The molecule has 3 N–H and O–H groups in total. The molecule has 65 heavy (non-hydrogen) atoms. The minimum atomic E-state index is -4.04. The van der Waals surface area contributed by atoms with Crippen LogP contribution in [0.3, 0.4) is 0 Å². The molecule has 2 saturated carbocycles. The van der Waals surface area contributed by atoms with Gasteiger partial charge in [0.1, 0.15) is 40.8 Å². The lowest BCUT2D eigenvalue weighted by molar-refractivity contribution is -0.142. The minimum Gasteiger partial charge on any atom is -0.497 e. The lowest BCUT2D eigenvalue weighted by atomic mass is 9.85. The second-order valence-corrected chi connectivity index (χ2v) is 21.9. The molecule has 1 aromatic carbocycles. The number of ether oxygens (including phenoxy) is 4. The van der Waals surface area contributed by atoms with Crippen LogP contribution in [0, 0.1) is 17.8 Å². The summed E-state index contributed by atoms with van der Waals surface area (Å²) in [6, 6.07) is 8.69. The largest absolute Gasteiger partial charge is 0.497 e. The van der Waals surface area contributed by atoms with Crippen molar-refractivity contribution in [3.63, 3.8) is 0 Å². The molecule has 4 amide bonds. The summed E-state index contributed by atoms with van der Waals surface area (Å²) in [4.78, 5) is 68.7. The number of aromatic nitrogens is 2. The van der Waals surface area contributed by atoms with Gasteiger partial charge in [-0.3, -0.25) is 24.1 Å². The van der Waals surface area contributed by atoms with Crippen molar-refractivity contribution in [2.45, 2.75) is 147 Å². The maximum absolute atomic E-state index is 15.2. The highest BCUT2D eigenvalue weighted by Crippen LogP contribution is 2.48. The van der Waals surface area contributed by atoms with Crippen LogP contribution in [-0.4, -0.2) is 101 Å². The monoisotopic (exact) mass is 916 g/mol. The molecule has 0 unspecified atom stereocenters. The van der Waals surface area contributed by atoms with Gasteiger partial charge in [-0.25, -0.2) is 18.2 Å². The summed E-state index contributed by atoms with van der Waals surface area (Å²) >= 11 is 0. The Morgan fingerprint density at radius 3 is 2.43 bits per heavy atom. The average molecular weight is 917 g/mol. The molecule has 16 nitrogen and oxygen atoms in total. The molecule has 3 aromatic rings. The number of benzene rings is 1. The molecule has 7 rings (SSSR count). The van der Waals surface area contributed by atoms with E-state index < -0.39 is 73.8 Å². The molecule has 2 aliphatic heterocycles. The van der Waals surface area contributed by atoms with Crippen LogP contribution in [-0.2, 0) is 29.1 Å². The number of carbonyl (C=O) groups excluding carboxylic acids is 4. The molecule has 0 spiro atoms. The van der Waals surface area contributed by atoms with E-state index in [-0.39, 0.29) is 43.2 Å². The molecular formula is C48H64N6O10S. The number of hydrogen-bond donors (Lipinski definition) is 3. The van der Waals surface area contributed by atoms with Gasteiger partial charge in [0.2, 0.25) is 27.7 Å². The first-order valence-corrected chi connectivity index (χ1v) is 24.3. The van der Waals surface area contributed by atoms with E-state index in [4.69, 9.17) is 23.9 Å². The first-order valence-electron chi connectivity index (χ1n) is 22.8. The van der Waals surface area contributed by atoms with Crippen molar-refractivity contribution in [2.75, 3.05) is 13.7 Å². The van der Waals surface area contributed by atoms with Crippen LogP contribution in [0.1, 0.15) is 107 Å². The standard InChI is InChI=1S/C48H64N6O10S/c1-10-30-21-29(4)13-11-12-14-32-25-48(32,44(57)53-65(59,60)47(8)19-20-47)52-41(55)39-24-35(27-54(39)43(56)40(30)51-45(58)64-46(5,6)7)63-42-36-17-15-33(61-9)22-31(36)23-38(50-42)37-18-16-34(26-49-37)62-28(2)3/h12,14-18,22-23,26,28-30,32,35,39-40H,10-11,13,19-21,24-25,27H2,1-9H3,(H,51,58)(H,52,55)(H,53,57)/b14-12-/t29-,30+,32+,35+,39-,40-,48+/m0/s1. The number of methoxy groups -OCH3 is 1. The fourth-order valence-corrected chi connectivity index (χ4v) is 10.1. The van der Waals surface area contributed by atoms with Crippen LogP contribution in [0.15, 0.2) is 54.7 Å². The Morgan fingerprint density at radius 1 is 1.05 bits per heavy atom. The van der Waals surface area contributed by atoms with Gasteiger partial charge < -0.3 is 34.5 Å². The van der Waals surface area contributed by atoms with E-state index in [0.717, 1.165) is 11.8 Å². The number of rotatable bonds is 11. The fourth-order valence-electron chi connectivity index (χ4n) is 8.83. The smallest absolute Gasteiger partial charge is 0.408 e. The molecule has 4 aliphatic rings. The number of carbonyl (C=O) groups is 4. The lowest BCUT2D eigenvalue weighted by Crippen LogP contribution is -2.59. The summed E-state index contributed by atoms with van der Waals surface area (Å²) in [5.74, 6) is -1.21. The van der Waals surface area contributed by atoms with Crippen molar-refractivity contribution in [1.29, 1.82) is 0 Å². The van der Waals surface area contributed by atoms with Crippen molar-refractivity contribution in [3.05, 3.63) is 54.7 Å². The van der Waals surface area contributed by atoms with Crippen LogP contribution in [0.2, 0.25) is 0 Å². The number of sulfonamides is 1. The predicted molar refractivity (Wildman–Crippen MR) is 245 cm³/mol. The quantitative estimate of drug-likeness (QED) is 0.174. The molecule has 0 radical (unpaired) electrons. The van der Waals surface area contributed by atoms with Crippen molar-refractivity contribution in [3.8, 4) is 28.8 Å². The topological polar surface area (TPSA) is 204 Å². The van der Waals surface area contributed by atoms with Crippen LogP contribution < -0.4 is 29.6 Å². The third-order valence-electron chi connectivity index (χ3n) is 12.9. The van der Waals surface area contributed by atoms with Gasteiger partial charge >= 0.3 is 6.09 Å². The van der Waals surface area contributed by atoms with E-state index >= 15 is 4.79 Å². The zero-order valence-electron chi connectivity index (χ0n) is 38.9. The zero-order chi connectivity index (χ0) is 47.1. The van der Waals surface area contributed by atoms with Gasteiger partial charge in [-0.15, -0.1) is 0 Å². The van der Waals surface area contributed by atoms with Gasteiger partial charge in [0, 0.05) is 17.7 Å². The van der Waals surface area contributed by atoms with Gasteiger partial charge in [0.05, 0.1) is 42.1 Å². The van der Waals surface area contributed by atoms with Crippen molar-refractivity contribution in [2.24, 2.45) is 17.8 Å². The molecule has 2 aromatic heterocycles. The second-order valence-electron chi connectivity index (χ2n) is 19.7. The SMILES string of the molecule is CC[C@@H]1C[C@@H](C)CC/C=C\[C@@H]2C[C@@]2(C(=O)NS(=O)(=O)C2(C)CC2)NC(=O)[C@@H]2C[C@@H](Oc3nc(-c4ccc(OC(C)C)cn4)cc4cc(OC)ccc34)CN2C(=O)[C@H]1NC(=O)OC(C)(C)C. The van der Waals surface area contributed by atoms with E-state index in [1.165, 1.54) is 4.90 Å². The number of nitrogens with one attached hydrogen (secondary N) is 3. The number of hydrogen-bond acceptors (Lipinski definition) is 12. The minimum absolute atomic E-state index is 0.0124. The molecule has 0 bridgehead atoms. The van der Waals surface area contributed by atoms with E-state index in [1.54, 1.807) is 53.1 Å². The van der Waals surface area contributed by atoms with E-state index in [9.17, 15) is 22.8 Å². The highest BCUT2D eigenvalue weighted by molar-refractivity contribution is 7.91. The van der Waals surface area contributed by atoms with Crippen LogP contribution >= 0.6 is 0 Å². The molecule has 352 valence electrons. The molecular weight excluding hydrogens is 853 g/mol. The molecule has 3 fully saturated rings. The molecule has 4 heterocycles. The Bertz CT molecular complexity index is 2430. The lowest BCUT2D eigenvalue weighted by Gasteiger charge is -2.34. The Morgan fingerprint density at radius 2 is 1.78 bits per heavy atom. The summed E-state index contributed by atoms with van der Waals surface area (Å²) in [7, 11) is -2.46. The summed E-state index contributed by atoms with van der Waals surface area (Å²) in [5, 5.41) is 7.22. The third kappa shape index (κ3) is 10.7. The Kier molecular flexibility index (Phi) is 13.5. The molecule has 1 saturated heterocycles. The van der Waals surface area contributed by atoms with Crippen molar-refractivity contribution < 1.29 is 46.5 Å². The number of allylic oxidation sites excluding steroid dienone is 1. The first kappa shape index (κ1) is 47.5. The number of fused-ring (bicyclic) bond motifs is 3. The van der Waals surface area contributed by atoms with E-state index in [2.05, 4.69) is 27.3 Å². The average Bonchev–Trinajstić information content (AvgIpc) is 4.12. The van der Waals surface area contributed by atoms with Gasteiger partial charge in [-0.2, -0.15) is 0 Å². The van der Waals surface area contributed by atoms with E-state index in [0.29, 0.717) is 60.4 Å². The van der Waals surface area contributed by atoms with Crippen molar-refractivity contribution in [1.82, 2.24) is 30.2 Å². The maximum Gasteiger partial charge on any atom is 0.408 e. The van der Waals surface area contributed by atoms with Crippen molar-refractivity contribution >= 4 is 44.6 Å². The summed E-state index contributed by atoms with van der Waals surface area (Å²) in [6.07, 6.45) is 7.43. The highest BCUT2D eigenvalue weighted by atomic mass is 32.2. The molecule has 2 aliphatic carbocycles. The fraction of sp³-hybridized carbons (Fsp3) is 0.583. The third-order valence-corrected chi connectivity index (χ3v) is 15.1. The second kappa shape index (κ2) is 18.4. The van der Waals surface area contributed by atoms with Crippen LogP contribution in [0.5, 0.6) is 17.4 Å². The Hall–Kier alpha value is -5.45. The maximum atomic E-state index is 15.2. The van der Waals surface area contributed by atoms with Crippen LogP contribution in [0.25, 0.3) is 22.2 Å². The number of amides is 4. The Balaban J connectivity index is 1.27. The van der Waals surface area contributed by atoms with Gasteiger partial charge in [-0.1, -0.05) is 32.4 Å². The zero-order valence-corrected chi connectivity index (χ0v) is 39.8. The van der Waals surface area contributed by atoms with Crippen LogP contribution in [0.4, 0.5) is 4.79 Å². The molecule has 17 heteroatoms. The first-order chi connectivity index (χ1) is 30.6. The van der Waals surface area contributed by atoms with Gasteiger partial charge in [0.15, 0.2) is 0 Å².